The fourth-order valence-electron chi connectivity index (χ4n) is 10.2. The Balaban J connectivity index is 3.40. The fraction of sp³-hybridized carbons (Fsp3) is 0.938. The summed E-state index contributed by atoms with van der Waals surface area (Å²) in [6, 6.07) is -0.627. The van der Waals surface area contributed by atoms with Crippen LogP contribution >= 0.6 is 0 Å². The SMILES string of the molecule is CCCCCCCCCCCCCCCCCC/C=C/C(O)C(CO)NC(=O)CCCCCCCCCCCCCCCCCCCCCCCCOC(=O)CCCCCCCCCCCCCCC. The monoisotopic (exact) mass is 988 g/mol. The van der Waals surface area contributed by atoms with Gasteiger partial charge in [0.05, 0.1) is 25.4 Å². The average Bonchev–Trinajstić information content (AvgIpc) is 3.36. The topological polar surface area (TPSA) is 95.9 Å². The van der Waals surface area contributed by atoms with Crippen molar-refractivity contribution in [2.75, 3.05) is 13.2 Å². The Bertz CT molecular complexity index is 1050. The van der Waals surface area contributed by atoms with Gasteiger partial charge in [-0.25, -0.2) is 0 Å². The number of aliphatic hydroxyl groups excluding tert-OH is 2. The van der Waals surface area contributed by atoms with Crippen molar-refractivity contribution < 1.29 is 24.5 Å². The van der Waals surface area contributed by atoms with Crippen molar-refractivity contribution >= 4 is 11.9 Å². The molecule has 0 saturated heterocycles. The van der Waals surface area contributed by atoms with Crippen molar-refractivity contribution in [2.24, 2.45) is 0 Å². The number of hydrogen-bond acceptors (Lipinski definition) is 5. The second-order valence-electron chi connectivity index (χ2n) is 22.1. The fourth-order valence-corrected chi connectivity index (χ4v) is 10.2. The van der Waals surface area contributed by atoms with Gasteiger partial charge in [-0.3, -0.25) is 9.59 Å². The molecule has 0 aromatic heterocycles. The highest BCUT2D eigenvalue weighted by molar-refractivity contribution is 5.76. The van der Waals surface area contributed by atoms with Crippen molar-refractivity contribution in [1.82, 2.24) is 5.32 Å². The number of rotatable bonds is 60. The molecule has 6 nitrogen and oxygen atoms in total. The van der Waals surface area contributed by atoms with Gasteiger partial charge in [-0.15, -0.1) is 0 Å². The molecule has 3 N–H and O–H groups in total. The maximum atomic E-state index is 12.5. The lowest BCUT2D eigenvalue weighted by Crippen LogP contribution is -2.45. The van der Waals surface area contributed by atoms with Crippen molar-refractivity contribution in [3.63, 3.8) is 0 Å². The Hall–Kier alpha value is -1.40. The van der Waals surface area contributed by atoms with Gasteiger partial charge in [0.25, 0.3) is 0 Å². The van der Waals surface area contributed by atoms with Crippen molar-refractivity contribution in [3.8, 4) is 0 Å². The molecule has 2 atom stereocenters. The summed E-state index contributed by atoms with van der Waals surface area (Å²) in [5, 5.41) is 23.2. The highest BCUT2D eigenvalue weighted by Crippen LogP contribution is 2.18. The minimum atomic E-state index is -0.844. The van der Waals surface area contributed by atoms with Crippen LogP contribution in [0.5, 0.6) is 0 Å². The number of carbonyl (C=O) groups is 2. The lowest BCUT2D eigenvalue weighted by atomic mass is 10.0. The van der Waals surface area contributed by atoms with Crippen LogP contribution in [0.15, 0.2) is 12.2 Å². The number of carbonyl (C=O) groups excluding carboxylic acids is 2. The third kappa shape index (κ3) is 55.9. The number of unbranched alkanes of at least 4 members (excludes halogenated alkanes) is 49. The molecule has 0 aromatic carbocycles. The molecule has 0 aliphatic rings. The smallest absolute Gasteiger partial charge is 0.305 e. The lowest BCUT2D eigenvalue weighted by Gasteiger charge is -2.20. The largest absolute Gasteiger partial charge is 0.466 e. The molecule has 0 radical (unpaired) electrons. The van der Waals surface area contributed by atoms with Crippen LogP contribution < -0.4 is 5.32 Å². The Morgan fingerprint density at radius 2 is 0.657 bits per heavy atom. The van der Waals surface area contributed by atoms with Crippen LogP contribution in [-0.4, -0.2) is 47.4 Å². The number of allylic oxidation sites excluding steroid dienone is 1. The lowest BCUT2D eigenvalue weighted by molar-refractivity contribution is -0.143. The predicted octanol–water partition coefficient (Wildman–Crippen LogP) is 20.0. The molecule has 0 fully saturated rings. The summed E-state index contributed by atoms with van der Waals surface area (Å²) in [7, 11) is 0. The number of nitrogens with one attached hydrogen (secondary N) is 1. The van der Waals surface area contributed by atoms with Gasteiger partial charge in [-0.05, 0) is 32.1 Å². The molecular weight excluding hydrogens is 863 g/mol. The van der Waals surface area contributed by atoms with Crippen LogP contribution in [0.1, 0.15) is 361 Å². The molecule has 0 aromatic rings. The van der Waals surface area contributed by atoms with E-state index in [9.17, 15) is 19.8 Å². The number of ether oxygens (including phenoxy) is 1. The summed E-state index contributed by atoms with van der Waals surface area (Å²) < 4.78 is 5.48. The van der Waals surface area contributed by atoms with Gasteiger partial charge in [0.1, 0.15) is 0 Å². The van der Waals surface area contributed by atoms with Crippen LogP contribution in [0.25, 0.3) is 0 Å². The van der Waals surface area contributed by atoms with E-state index in [1.807, 2.05) is 6.08 Å². The number of hydrogen-bond donors (Lipinski definition) is 3. The predicted molar refractivity (Wildman–Crippen MR) is 306 cm³/mol. The van der Waals surface area contributed by atoms with E-state index in [1.165, 1.54) is 295 Å². The van der Waals surface area contributed by atoms with Crippen LogP contribution in [0.3, 0.4) is 0 Å². The van der Waals surface area contributed by atoms with Crippen LogP contribution in [0.2, 0.25) is 0 Å². The molecule has 70 heavy (non-hydrogen) atoms. The average molecular weight is 989 g/mol. The first-order chi connectivity index (χ1) is 34.5. The van der Waals surface area contributed by atoms with E-state index >= 15 is 0 Å². The second-order valence-corrected chi connectivity index (χ2v) is 22.1. The van der Waals surface area contributed by atoms with Gasteiger partial charge < -0.3 is 20.3 Å². The van der Waals surface area contributed by atoms with E-state index in [0.29, 0.717) is 19.4 Å². The van der Waals surface area contributed by atoms with E-state index < -0.39 is 12.1 Å². The zero-order valence-electron chi connectivity index (χ0n) is 47.5. The second kappa shape index (κ2) is 60.2. The minimum Gasteiger partial charge on any atom is -0.466 e. The molecule has 2 unspecified atom stereocenters. The van der Waals surface area contributed by atoms with E-state index in [-0.39, 0.29) is 18.5 Å². The van der Waals surface area contributed by atoms with Crippen molar-refractivity contribution in [2.45, 2.75) is 373 Å². The summed E-state index contributed by atoms with van der Waals surface area (Å²) in [5.74, 6) is -0.0498. The Morgan fingerprint density at radius 1 is 0.386 bits per heavy atom. The van der Waals surface area contributed by atoms with E-state index in [0.717, 1.165) is 38.5 Å². The Morgan fingerprint density at radius 3 is 0.971 bits per heavy atom. The normalized spacial score (nSPS) is 12.6. The molecule has 0 spiro atoms. The van der Waals surface area contributed by atoms with Gasteiger partial charge in [-0.2, -0.15) is 0 Å². The van der Waals surface area contributed by atoms with Gasteiger partial charge in [0, 0.05) is 12.8 Å². The molecule has 6 heteroatoms. The van der Waals surface area contributed by atoms with E-state index in [2.05, 4.69) is 19.2 Å². The quantitative estimate of drug-likeness (QED) is 0.0321. The van der Waals surface area contributed by atoms with E-state index in [1.54, 1.807) is 6.08 Å². The van der Waals surface area contributed by atoms with Gasteiger partial charge in [-0.1, -0.05) is 328 Å². The molecule has 416 valence electrons. The first-order valence-electron chi connectivity index (χ1n) is 32.0. The summed E-state index contributed by atoms with van der Waals surface area (Å²) in [6.07, 6.45) is 72.5. The molecule has 0 heterocycles. The summed E-state index contributed by atoms with van der Waals surface area (Å²) >= 11 is 0. The van der Waals surface area contributed by atoms with Crippen molar-refractivity contribution in [1.29, 1.82) is 0 Å². The molecule has 0 saturated carbocycles. The van der Waals surface area contributed by atoms with Crippen molar-refractivity contribution in [3.05, 3.63) is 12.2 Å². The number of aliphatic hydroxyl groups is 2. The number of esters is 1. The molecule has 0 aliphatic carbocycles. The van der Waals surface area contributed by atoms with Crippen LogP contribution in [0, 0.1) is 0 Å². The first kappa shape index (κ1) is 68.6. The summed E-state index contributed by atoms with van der Waals surface area (Å²) in [4.78, 5) is 24.5. The third-order valence-electron chi connectivity index (χ3n) is 15.1. The Kier molecular flexibility index (Phi) is 59.0. The van der Waals surface area contributed by atoms with Gasteiger partial charge >= 0.3 is 5.97 Å². The highest BCUT2D eigenvalue weighted by atomic mass is 16.5. The van der Waals surface area contributed by atoms with Crippen LogP contribution in [-0.2, 0) is 14.3 Å². The first-order valence-corrected chi connectivity index (χ1v) is 32.0. The zero-order valence-corrected chi connectivity index (χ0v) is 47.5. The summed E-state index contributed by atoms with van der Waals surface area (Å²) in [5.41, 5.74) is 0. The molecule has 0 rings (SSSR count). The molecular formula is C64H125NO5. The number of amides is 1. The molecule has 0 bridgehead atoms. The maximum Gasteiger partial charge on any atom is 0.305 e. The zero-order chi connectivity index (χ0) is 50.7. The Labute approximate surface area is 438 Å². The molecule has 1 amide bonds. The van der Waals surface area contributed by atoms with Gasteiger partial charge in [0.2, 0.25) is 5.91 Å². The molecule has 0 aliphatic heterocycles. The highest BCUT2D eigenvalue weighted by Gasteiger charge is 2.18. The minimum absolute atomic E-state index is 0.0150. The summed E-state index contributed by atoms with van der Waals surface area (Å²) in [6.45, 7) is 4.93. The third-order valence-corrected chi connectivity index (χ3v) is 15.1. The maximum absolute atomic E-state index is 12.5. The van der Waals surface area contributed by atoms with Crippen LogP contribution in [0.4, 0.5) is 0 Å². The van der Waals surface area contributed by atoms with E-state index in [4.69, 9.17) is 4.74 Å². The standard InChI is InChI=1S/C64H125NO5/c1-3-5-7-9-11-13-15-17-18-19-26-29-33-36-40-44-48-52-56-62(67)61(60-66)65-63(68)57-53-49-45-41-37-34-30-27-24-22-20-21-23-25-28-31-35-39-43-47-51-55-59-70-64(69)58-54-50-46-42-38-32-16-14-12-10-8-6-4-2/h52,56,61-62,66-67H,3-51,53-55,57-60H2,1-2H3,(H,65,68)/b56-52+. The van der Waals surface area contributed by atoms with Gasteiger partial charge in [0.15, 0.2) is 0 Å².